The molecule has 80 valence electrons. The van der Waals surface area contributed by atoms with E-state index in [0.717, 1.165) is 11.3 Å². The number of aryl methyl sites for hydroxylation is 1. The summed E-state index contributed by atoms with van der Waals surface area (Å²) in [5.41, 5.74) is 1.66. The van der Waals surface area contributed by atoms with E-state index in [9.17, 15) is 9.59 Å². The second kappa shape index (κ2) is 5.14. The smallest absolute Gasteiger partial charge is 0.248 e. The van der Waals surface area contributed by atoms with E-state index in [0.29, 0.717) is 6.54 Å². The molecular formula is C11H14N2O2. The average molecular weight is 206 g/mol. The SMILES string of the molecule is CC(=O)NCC=Cc1ccc(=O)[nH]c1C. The summed E-state index contributed by atoms with van der Waals surface area (Å²) in [6.45, 7) is 3.80. The summed E-state index contributed by atoms with van der Waals surface area (Å²) in [6.07, 6.45) is 3.70. The number of carbonyl (C=O) groups is 1. The van der Waals surface area contributed by atoms with E-state index >= 15 is 0 Å². The van der Waals surface area contributed by atoms with Crippen LogP contribution < -0.4 is 10.9 Å². The summed E-state index contributed by atoms with van der Waals surface area (Å²) in [5.74, 6) is -0.0576. The molecule has 0 aliphatic rings. The summed E-state index contributed by atoms with van der Waals surface area (Å²) < 4.78 is 0. The van der Waals surface area contributed by atoms with Crippen LogP contribution in [0.15, 0.2) is 23.0 Å². The van der Waals surface area contributed by atoms with Crippen LogP contribution in [0.3, 0.4) is 0 Å². The third-order valence-electron chi connectivity index (χ3n) is 1.92. The summed E-state index contributed by atoms with van der Waals surface area (Å²) in [5, 5.41) is 2.65. The van der Waals surface area contributed by atoms with Gasteiger partial charge in [-0.2, -0.15) is 0 Å². The van der Waals surface area contributed by atoms with Gasteiger partial charge in [0.2, 0.25) is 11.5 Å². The highest BCUT2D eigenvalue weighted by Gasteiger charge is 1.93. The number of amides is 1. The van der Waals surface area contributed by atoms with Crippen molar-refractivity contribution in [3.05, 3.63) is 39.8 Å². The number of aromatic nitrogens is 1. The maximum atomic E-state index is 10.9. The molecule has 0 saturated carbocycles. The fourth-order valence-corrected chi connectivity index (χ4v) is 1.16. The molecule has 0 aliphatic heterocycles. The maximum absolute atomic E-state index is 10.9. The third kappa shape index (κ3) is 3.81. The summed E-state index contributed by atoms with van der Waals surface area (Å²) in [7, 11) is 0. The Kier molecular flexibility index (Phi) is 3.85. The van der Waals surface area contributed by atoms with Gasteiger partial charge in [0, 0.05) is 25.2 Å². The lowest BCUT2D eigenvalue weighted by molar-refractivity contribution is -0.118. The molecule has 0 bridgehead atoms. The van der Waals surface area contributed by atoms with Crippen LogP contribution in [0.5, 0.6) is 0 Å². The standard InChI is InChI=1S/C11H14N2O2/c1-8-10(5-6-11(15)13-8)4-3-7-12-9(2)14/h3-6H,7H2,1-2H3,(H,12,14)(H,13,15). The first kappa shape index (κ1) is 11.2. The van der Waals surface area contributed by atoms with E-state index in [1.54, 1.807) is 6.07 Å². The second-order valence-corrected chi connectivity index (χ2v) is 3.24. The molecule has 0 aromatic carbocycles. The van der Waals surface area contributed by atoms with Gasteiger partial charge < -0.3 is 10.3 Å². The molecular weight excluding hydrogens is 192 g/mol. The van der Waals surface area contributed by atoms with Gasteiger partial charge in [0.1, 0.15) is 0 Å². The largest absolute Gasteiger partial charge is 0.353 e. The highest BCUT2D eigenvalue weighted by molar-refractivity contribution is 5.73. The van der Waals surface area contributed by atoms with Crippen molar-refractivity contribution in [1.29, 1.82) is 0 Å². The Morgan fingerprint density at radius 2 is 2.27 bits per heavy atom. The van der Waals surface area contributed by atoms with Gasteiger partial charge in [-0.3, -0.25) is 9.59 Å². The van der Waals surface area contributed by atoms with E-state index in [2.05, 4.69) is 10.3 Å². The number of aromatic amines is 1. The molecule has 2 N–H and O–H groups in total. The molecule has 4 heteroatoms. The fourth-order valence-electron chi connectivity index (χ4n) is 1.16. The lowest BCUT2D eigenvalue weighted by Gasteiger charge is -1.99. The van der Waals surface area contributed by atoms with Crippen LogP contribution in [0.1, 0.15) is 18.2 Å². The van der Waals surface area contributed by atoms with Crippen molar-refractivity contribution in [1.82, 2.24) is 10.3 Å². The zero-order chi connectivity index (χ0) is 11.3. The van der Waals surface area contributed by atoms with Crippen molar-refractivity contribution >= 4 is 12.0 Å². The van der Waals surface area contributed by atoms with Gasteiger partial charge in [-0.05, 0) is 18.6 Å². The first-order valence-corrected chi connectivity index (χ1v) is 4.70. The van der Waals surface area contributed by atoms with E-state index in [4.69, 9.17) is 0 Å². The maximum Gasteiger partial charge on any atom is 0.248 e. The monoisotopic (exact) mass is 206 g/mol. The fraction of sp³-hybridized carbons (Fsp3) is 0.273. The van der Waals surface area contributed by atoms with Crippen LogP contribution in [0.2, 0.25) is 0 Å². The van der Waals surface area contributed by atoms with Crippen molar-refractivity contribution in [2.24, 2.45) is 0 Å². The summed E-state index contributed by atoms with van der Waals surface area (Å²) in [6, 6.07) is 3.23. The molecule has 15 heavy (non-hydrogen) atoms. The zero-order valence-corrected chi connectivity index (χ0v) is 8.83. The normalized spacial score (nSPS) is 10.5. The minimum atomic E-state index is -0.105. The Morgan fingerprint density at radius 1 is 1.53 bits per heavy atom. The van der Waals surface area contributed by atoms with Crippen molar-refractivity contribution in [2.75, 3.05) is 6.54 Å². The lowest BCUT2D eigenvalue weighted by atomic mass is 10.2. The van der Waals surface area contributed by atoms with Gasteiger partial charge in [-0.15, -0.1) is 0 Å². The van der Waals surface area contributed by atoms with Crippen LogP contribution >= 0.6 is 0 Å². The molecule has 0 fully saturated rings. The number of nitrogens with one attached hydrogen (secondary N) is 2. The number of hydrogen-bond acceptors (Lipinski definition) is 2. The number of pyridine rings is 1. The molecule has 4 nitrogen and oxygen atoms in total. The number of carbonyl (C=O) groups excluding carboxylic acids is 1. The Bertz CT molecular complexity index is 432. The third-order valence-corrected chi connectivity index (χ3v) is 1.92. The van der Waals surface area contributed by atoms with E-state index < -0.39 is 0 Å². The van der Waals surface area contributed by atoms with Crippen LogP contribution in [0.25, 0.3) is 6.08 Å². The molecule has 1 heterocycles. The molecule has 0 unspecified atom stereocenters. The molecule has 0 aliphatic carbocycles. The molecule has 0 spiro atoms. The van der Waals surface area contributed by atoms with Crippen molar-refractivity contribution in [3.8, 4) is 0 Å². The van der Waals surface area contributed by atoms with E-state index in [1.165, 1.54) is 13.0 Å². The zero-order valence-electron chi connectivity index (χ0n) is 8.83. The minimum absolute atomic E-state index is 0.0576. The highest BCUT2D eigenvalue weighted by atomic mass is 16.1. The summed E-state index contributed by atoms with van der Waals surface area (Å²) in [4.78, 5) is 24.2. The molecule has 1 aromatic rings. The average Bonchev–Trinajstić information content (AvgIpc) is 2.14. The highest BCUT2D eigenvalue weighted by Crippen LogP contribution is 2.03. The van der Waals surface area contributed by atoms with Crippen LogP contribution in [0, 0.1) is 6.92 Å². The van der Waals surface area contributed by atoms with Crippen LogP contribution in [-0.2, 0) is 4.79 Å². The Labute approximate surface area is 88.0 Å². The molecule has 0 atom stereocenters. The van der Waals surface area contributed by atoms with E-state index in [1.807, 2.05) is 19.1 Å². The van der Waals surface area contributed by atoms with Crippen molar-refractivity contribution in [3.63, 3.8) is 0 Å². The molecule has 0 saturated heterocycles. The quantitative estimate of drug-likeness (QED) is 0.769. The van der Waals surface area contributed by atoms with Crippen molar-refractivity contribution < 1.29 is 4.79 Å². The van der Waals surface area contributed by atoms with Crippen LogP contribution in [0.4, 0.5) is 0 Å². The predicted octanol–water partition coefficient (Wildman–Crippen LogP) is 0.833. The molecule has 0 radical (unpaired) electrons. The number of hydrogen-bond donors (Lipinski definition) is 2. The molecule has 1 amide bonds. The van der Waals surface area contributed by atoms with Crippen molar-refractivity contribution in [2.45, 2.75) is 13.8 Å². The Balaban J connectivity index is 2.64. The Morgan fingerprint density at radius 3 is 2.87 bits per heavy atom. The number of H-pyrrole nitrogens is 1. The first-order chi connectivity index (χ1) is 7.09. The topological polar surface area (TPSA) is 62.0 Å². The number of rotatable bonds is 3. The predicted molar refractivity (Wildman–Crippen MR) is 59.5 cm³/mol. The van der Waals surface area contributed by atoms with Gasteiger partial charge >= 0.3 is 0 Å². The van der Waals surface area contributed by atoms with Gasteiger partial charge in [-0.1, -0.05) is 12.2 Å². The van der Waals surface area contributed by atoms with Gasteiger partial charge in [0.05, 0.1) is 0 Å². The van der Waals surface area contributed by atoms with Gasteiger partial charge in [0.15, 0.2) is 0 Å². The first-order valence-electron chi connectivity index (χ1n) is 4.70. The van der Waals surface area contributed by atoms with E-state index in [-0.39, 0.29) is 11.5 Å². The Hall–Kier alpha value is -1.84. The molecule has 1 rings (SSSR count). The molecule has 1 aromatic heterocycles. The minimum Gasteiger partial charge on any atom is -0.353 e. The lowest BCUT2D eigenvalue weighted by Crippen LogP contribution is -2.19. The van der Waals surface area contributed by atoms with Gasteiger partial charge in [0.25, 0.3) is 0 Å². The summed E-state index contributed by atoms with van der Waals surface area (Å²) >= 11 is 0. The second-order valence-electron chi connectivity index (χ2n) is 3.24. The van der Waals surface area contributed by atoms with Gasteiger partial charge in [-0.25, -0.2) is 0 Å². The van der Waals surface area contributed by atoms with Crippen LogP contribution in [-0.4, -0.2) is 17.4 Å².